The minimum Gasteiger partial charge on any atom is -0.481 e. The number of hydrogen-bond donors (Lipinski definition) is 3. The molecule has 0 bridgehead atoms. The monoisotopic (exact) mass is 266 g/mol. The maximum absolute atomic E-state index is 11.1. The van der Waals surface area contributed by atoms with E-state index >= 15 is 0 Å². The molecule has 104 valence electrons. The van der Waals surface area contributed by atoms with Crippen molar-refractivity contribution in [3.05, 3.63) is 23.8 Å². The average molecular weight is 266 g/mol. The summed E-state index contributed by atoms with van der Waals surface area (Å²) in [6, 6.07) is 4.39. The predicted octanol–water partition coefficient (Wildman–Crippen LogP) is 1.51. The van der Waals surface area contributed by atoms with Gasteiger partial charge >= 0.3 is 11.9 Å². The zero-order valence-electron chi connectivity index (χ0n) is 11.2. The largest absolute Gasteiger partial charge is 0.481 e. The molecule has 6 heteroatoms. The van der Waals surface area contributed by atoms with Crippen molar-refractivity contribution in [2.45, 2.75) is 13.8 Å². The number of carboxylic acids is 2. The number of carboxylic acid groups (broad SMARTS) is 2. The second kappa shape index (κ2) is 5.17. The molecule has 1 rings (SSSR count). The molecule has 19 heavy (non-hydrogen) atoms. The standard InChI is InChI=1S/C13H18N2O4/c1-13(2,12(18)19)7-15(3)10-5-4-8(11(16)17)6-9(10)14/h4-6H,7,14H2,1-3H3,(H,16,17)(H,18,19). The molecule has 0 heterocycles. The fourth-order valence-corrected chi connectivity index (χ4v) is 1.78. The Bertz CT molecular complexity index is 511. The van der Waals surface area contributed by atoms with Gasteiger partial charge in [-0.3, -0.25) is 4.79 Å². The third kappa shape index (κ3) is 3.37. The van der Waals surface area contributed by atoms with Crippen LogP contribution in [0.2, 0.25) is 0 Å². The molecule has 1 aromatic carbocycles. The first-order chi connectivity index (χ1) is 8.65. The van der Waals surface area contributed by atoms with E-state index in [1.165, 1.54) is 12.1 Å². The van der Waals surface area contributed by atoms with Gasteiger partial charge in [-0.15, -0.1) is 0 Å². The lowest BCUT2D eigenvalue weighted by Crippen LogP contribution is -2.37. The first-order valence-corrected chi connectivity index (χ1v) is 5.72. The Hall–Kier alpha value is -2.24. The Morgan fingerprint density at radius 3 is 2.32 bits per heavy atom. The first kappa shape index (κ1) is 14.8. The van der Waals surface area contributed by atoms with Gasteiger partial charge in [-0.1, -0.05) is 0 Å². The van der Waals surface area contributed by atoms with Crippen LogP contribution in [0.1, 0.15) is 24.2 Å². The fraction of sp³-hybridized carbons (Fsp3) is 0.385. The van der Waals surface area contributed by atoms with Crippen molar-refractivity contribution in [3.8, 4) is 0 Å². The van der Waals surface area contributed by atoms with E-state index in [1.54, 1.807) is 31.9 Å². The van der Waals surface area contributed by atoms with Gasteiger partial charge in [-0.05, 0) is 32.0 Å². The van der Waals surface area contributed by atoms with Gasteiger partial charge in [-0.25, -0.2) is 4.79 Å². The van der Waals surface area contributed by atoms with E-state index in [9.17, 15) is 9.59 Å². The van der Waals surface area contributed by atoms with E-state index in [0.29, 0.717) is 11.4 Å². The third-order valence-corrected chi connectivity index (χ3v) is 2.90. The summed E-state index contributed by atoms with van der Waals surface area (Å²) in [4.78, 5) is 23.6. The Morgan fingerprint density at radius 1 is 1.32 bits per heavy atom. The molecule has 0 saturated carbocycles. The predicted molar refractivity (Wildman–Crippen MR) is 72.5 cm³/mol. The summed E-state index contributed by atoms with van der Waals surface area (Å²) >= 11 is 0. The lowest BCUT2D eigenvalue weighted by Gasteiger charge is -2.29. The van der Waals surface area contributed by atoms with Gasteiger partial charge in [-0.2, -0.15) is 0 Å². The van der Waals surface area contributed by atoms with Gasteiger partial charge in [0.1, 0.15) is 0 Å². The number of benzene rings is 1. The van der Waals surface area contributed by atoms with Crippen LogP contribution in [0.25, 0.3) is 0 Å². The molecule has 0 aromatic heterocycles. The molecule has 0 aliphatic heterocycles. The molecule has 0 aliphatic carbocycles. The van der Waals surface area contributed by atoms with Crippen molar-refractivity contribution in [3.63, 3.8) is 0 Å². The highest BCUT2D eigenvalue weighted by atomic mass is 16.4. The van der Waals surface area contributed by atoms with Crippen LogP contribution in [-0.2, 0) is 4.79 Å². The van der Waals surface area contributed by atoms with Gasteiger partial charge in [0.05, 0.1) is 22.4 Å². The lowest BCUT2D eigenvalue weighted by molar-refractivity contribution is -0.146. The highest BCUT2D eigenvalue weighted by Gasteiger charge is 2.29. The molecule has 0 aliphatic rings. The van der Waals surface area contributed by atoms with Crippen LogP contribution in [0.4, 0.5) is 11.4 Å². The van der Waals surface area contributed by atoms with Gasteiger partial charge in [0.15, 0.2) is 0 Å². The zero-order chi connectivity index (χ0) is 14.8. The topological polar surface area (TPSA) is 104 Å². The quantitative estimate of drug-likeness (QED) is 0.698. The van der Waals surface area contributed by atoms with Crippen molar-refractivity contribution in [1.82, 2.24) is 0 Å². The molecule has 0 radical (unpaired) electrons. The summed E-state index contributed by atoms with van der Waals surface area (Å²) in [5, 5.41) is 17.9. The molecule has 0 saturated heterocycles. The van der Waals surface area contributed by atoms with Crippen LogP contribution in [0, 0.1) is 5.41 Å². The van der Waals surface area contributed by atoms with Crippen molar-refractivity contribution in [1.29, 1.82) is 0 Å². The lowest BCUT2D eigenvalue weighted by atomic mass is 9.93. The summed E-state index contributed by atoms with van der Waals surface area (Å²) in [6.07, 6.45) is 0. The molecule has 1 aromatic rings. The molecule has 0 atom stereocenters. The van der Waals surface area contributed by atoms with Gasteiger partial charge in [0, 0.05) is 13.6 Å². The summed E-state index contributed by atoms with van der Waals surface area (Å²) in [5.74, 6) is -1.95. The Balaban J connectivity index is 2.98. The van der Waals surface area contributed by atoms with Crippen molar-refractivity contribution in [2.75, 3.05) is 24.2 Å². The second-order valence-electron chi connectivity index (χ2n) is 5.12. The molecule has 4 N–H and O–H groups in total. The molecule has 6 nitrogen and oxygen atoms in total. The minimum absolute atomic E-state index is 0.104. The van der Waals surface area contributed by atoms with Crippen LogP contribution in [-0.4, -0.2) is 35.7 Å². The SMILES string of the molecule is CN(CC(C)(C)C(=O)O)c1ccc(C(=O)O)cc1N. The van der Waals surface area contributed by atoms with Crippen LogP contribution in [0.5, 0.6) is 0 Å². The Morgan fingerprint density at radius 2 is 1.89 bits per heavy atom. The van der Waals surface area contributed by atoms with E-state index in [-0.39, 0.29) is 12.1 Å². The number of nitrogens with two attached hydrogens (primary N) is 1. The number of carbonyl (C=O) groups is 2. The number of anilines is 2. The summed E-state index contributed by atoms with van der Waals surface area (Å²) in [7, 11) is 1.72. The third-order valence-electron chi connectivity index (χ3n) is 2.90. The summed E-state index contributed by atoms with van der Waals surface area (Å²) < 4.78 is 0. The van der Waals surface area contributed by atoms with Crippen LogP contribution < -0.4 is 10.6 Å². The van der Waals surface area contributed by atoms with Gasteiger partial charge < -0.3 is 20.8 Å². The van der Waals surface area contributed by atoms with Crippen LogP contribution in [0.15, 0.2) is 18.2 Å². The van der Waals surface area contributed by atoms with E-state index < -0.39 is 17.4 Å². The smallest absolute Gasteiger partial charge is 0.335 e. The molecule has 0 amide bonds. The van der Waals surface area contributed by atoms with Crippen LogP contribution in [0.3, 0.4) is 0 Å². The molecule has 0 unspecified atom stereocenters. The molecular weight excluding hydrogens is 248 g/mol. The second-order valence-corrected chi connectivity index (χ2v) is 5.12. The minimum atomic E-state index is -1.05. The van der Waals surface area contributed by atoms with Gasteiger partial charge in [0.2, 0.25) is 0 Å². The Kier molecular flexibility index (Phi) is 4.04. The number of aromatic carboxylic acids is 1. The summed E-state index contributed by atoms with van der Waals surface area (Å²) in [5.41, 5.74) is 5.90. The normalized spacial score (nSPS) is 11.1. The number of nitrogens with zero attached hydrogens (tertiary/aromatic N) is 1. The maximum atomic E-state index is 11.1. The fourth-order valence-electron chi connectivity index (χ4n) is 1.78. The zero-order valence-corrected chi connectivity index (χ0v) is 11.2. The first-order valence-electron chi connectivity index (χ1n) is 5.72. The number of aliphatic carboxylic acids is 1. The average Bonchev–Trinajstić information content (AvgIpc) is 2.27. The molecule has 0 spiro atoms. The van der Waals surface area contributed by atoms with E-state index in [4.69, 9.17) is 15.9 Å². The van der Waals surface area contributed by atoms with E-state index in [1.807, 2.05) is 0 Å². The van der Waals surface area contributed by atoms with Gasteiger partial charge in [0.25, 0.3) is 0 Å². The van der Waals surface area contributed by atoms with Crippen molar-refractivity contribution >= 4 is 23.3 Å². The number of rotatable bonds is 5. The Labute approximate surface area is 111 Å². The number of hydrogen-bond acceptors (Lipinski definition) is 4. The van der Waals surface area contributed by atoms with E-state index in [0.717, 1.165) is 0 Å². The highest BCUT2D eigenvalue weighted by molar-refractivity contribution is 5.90. The molecular formula is C13H18N2O4. The molecule has 0 fully saturated rings. The highest BCUT2D eigenvalue weighted by Crippen LogP contribution is 2.27. The van der Waals surface area contributed by atoms with E-state index in [2.05, 4.69) is 0 Å². The summed E-state index contributed by atoms with van der Waals surface area (Å²) in [6.45, 7) is 3.50. The maximum Gasteiger partial charge on any atom is 0.335 e. The van der Waals surface area contributed by atoms with Crippen molar-refractivity contribution in [2.24, 2.45) is 5.41 Å². The van der Waals surface area contributed by atoms with Crippen molar-refractivity contribution < 1.29 is 19.8 Å². The van der Waals surface area contributed by atoms with Crippen LogP contribution >= 0.6 is 0 Å². The number of nitrogen functional groups attached to an aromatic ring is 1.